The number of esters is 1. The molecular weight excluding hydrogens is 781 g/mol. The van der Waals surface area contributed by atoms with Crippen LogP contribution in [0.25, 0.3) is 0 Å². The molecule has 3 heterocycles. The molecule has 2 saturated heterocycles. The summed E-state index contributed by atoms with van der Waals surface area (Å²) in [5.41, 5.74) is -2.54. The van der Waals surface area contributed by atoms with Gasteiger partial charge in [-0.15, -0.1) is 11.8 Å². The summed E-state index contributed by atoms with van der Waals surface area (Å²) in [6, 6.07) is 6.55. The lowest BCUT2D eigenvalue weighted by Gasteiger charge is -2.42. The molecular formula is C39H44ClF3N2O10S. The van der Waals surface area contributed by atoms with E-state index in [0.29, 0.717) is 29.6 Å². The first-order valence-electron chi connectivity index (χ1n) is 17.6. The average Bonchev–Trinajstić information content (AvgIpc) is 3.82. The van der Waals surface area contributed by atoms with Gasteiger partial charge >= 0.3 is 18.2 Å². The molecule has 2 aromatic carbocycles. The molecule has 4 bridgehead atoms. The van der Waals surface area contributed by atoms with Crippen molar-refractivity contribution in [3.63, 3.8) is 0 Å². The van der Waals surface area contributed by atoms with Gasteiger partial charge in [-0.2, -0.15) is 13.2 Å². The van der Waals surface area contributed by atoms with Crippen LogP contribution in [0.15, 0.2) is 59.0 Å². The third kappa shape index (κ3) is 9.37. The van der Waals surface area contributed by atoms with Crippen LogP contribution in [0.2, 0.25) is 5.02 Å². The van der Waals surface area contributed by atoms with Gasteiger partial charge in [0.05, 0.1) is 36.6 Å². The maximum atomic E-state index is 14.1. The highest BCUT2D eigenvalue weighted by Gasteiger charge is 2.64. The Kier molecular flexibility index (Phi) is 12.9. The third-order valence-corrected chi connectivity index (χ3v) is 11.7. The Balaban J connectivity index is 1.50. The highest BCUT2D eigenvalue weighted by Crippen LogP contribution is 2.49. The van der Waals surface area contributed by atoms with E-state index >= 15 is 0 Å². The summed E-state index contributed by atoms with van der Waals surface area (Å²) in [6.45, 7) is 6.35. The standard InChI is InChI=1S/C39H44ClF3N2O10S/c1-20-9-8-10-30(52-7)38(50)18-28(53-36(49)44-38)21(2)35-37(4,55-35)31(17-32(47)45(5)26-14-23(13-20)15-27(51-6)34(26)40)54-33(48)19-56-29-12-11-24(22(3)46)16-25(29)39(41,42)43/h8-12,14-16,21,28,30-31,35,50H,13,17-19H2,1-7H3,(H,44,49)/b10-8+,20-9+/t21-,28+,30-,31+,35+,37+,38+/m1/s1. The van der Waals surface area contributed by atoms with Crippen molar-refractivity contribution < 1.29 is 61.1 Å². The molecule has 0 aliphatic carbocycles. The number of ketones is 1. The lowest BCUT2D eigenvalue weighted by atomic mass is 9.83. The summed E-state index contributed by atoms with van der Waals surface area (Å²) in [7, 11) is 4.32. The van der Waals surface area contributed by atoms with Gasteiger partial charge in [-0.25, -0.2) is 4.79 Å². The van der Waals surface area contributed by atoms with E-state index in [2.05, 4.69) is 5.32 Å². The number of Topliss-reactive ketones (excluding diaryl/α,β-unsaturated/α-hetero) is 1. The molecule has 0 spiro atoms. The van der Waals surface area contributed by atoms with Gasteiger partial charge in [-0.3, -0.25) is 19.7 Å². The molecule has 0 unspecified atom stereocenters. The summed E-state index contributed by atoms with van der Waals surface area (Å²) in [6.07, 6.45) is -4.77. The van der Waals surface area contributed by atoms with E-state index in [1.54, 1.807) is 38.1 Å². The Hall–Kier alpha value is -4.09. The molecule has 17 heteroatoms. The van der Waals surface area contributed by atoms with Gasteiger partial charge in [0.2, 0.25) is 5.91 Å². The smallest absolute Gasteiger partial charge is 0.417 e. The van der Waals surface area contributed by atoms with Crippen molar-refractivity contribution in [2.24, 2.45) is 5.92 Å². The molecule has 2 aromatic rings. The Morgan fingerprint density at radius 3 is 2.54 bits per heavy atom. The Morgan fingerprint density at radius 1 is 1.18 bits per heavy atom. The predicted octanol–water partition coefficient (Wildman–Crippen LogP) is 6.68. The first-order valence-corrected chi connectivity index (χ1v) is 19.0. The van der Waals surface area contributed by atoms with Crippen molar-refractivity contribution in [3.8, 4) is 5.75 Å². The number of amides is 2. The zero-order chi connectivity index (χ0) is 41.3. The monoisotopic (exact) mass is 824 g/mol. The van der Waals surface area contributed by atoms with E-state index in [1.165, 1.54) is 32.2 Å². The van der Waals surface area contributed by atoms with Crippen LogP contribution in [0.1, 0.15) is 62.0 Å². The molecule has 3 aliphatic heterocycles. The van der Waals surface area contributed by atoms with Gasteiger partial charge in [-0.1, -0.05) is 48.4 Å². The number of thioether (sulfide) groups is 1. The summed E-state index contributed by atoms with van der Waals surface area (Å²) in [5.74, 6) is -2.95. The van der Waals surface area contributed by atoms with Crippen LogP contribution in [0, 0.1) is 5.92 Å². The van der Waals surface area contributed by atoms with Gasteiger partial charge in [0.1, 0.15) is 34.7 Å². The van der Waals surface area contributed by atoms with Crippen LogP contribution in [0.5, 0.6) is 5.75 Å². The van der Waals surface area contributed by atoms with Crippen LogP contribution in [-0.4, -0.2) is 91.6 Å². The Bertz CT molecular complexity index is 1940. The van der Waals surface area contributed by atoms with E-state index < -0.39 is 89.3 Å². The summed E-state index contributed by atoms with van der Waals surface area (Å²) in [5, 5.41) is 14.3. The quantitative estimate of drug-likeness (QED) is 0.133. The lowest BCUT2D eigenvalue weighted by molar-refractivity contribution is -0.150. The van der Waals surface area contributed by atoms with Crippen LogP contribution < -0.4 is 15.0 Å². The first kappa shape index (κ1) is 43.0. The van der Waals surface area contributed by atoms with Crippen molar-refractivity contribution in [1.82, 2.24) is 5.32 Å². The molecule has 2 fully saturated rings. The average molecular weight is 825 g/mol. The molecule has 0 aromatic heterocycles. The van der Waals surface area contributed by atoms with Crippen molar-refractivity contribution in [3.05, 3.63) is 75.8 Å². The number of benzene rings is 2. The van der Waals surface area contributed by atoms with Crippen molar-refractivity contribution in [2.75, 3.05) is 31.9 Å². The number of carbonyl (C=O) groups is 4. The van der Waals surface area contributed by atoms with Crippen molar-refractivity contribution in [1.29, 1.82) is 0 Å². The molecule has 56 heavy (non-hydrogen) atoms. The molecule has 0 saturated carbocycles. The minimum Gasteiger partial charge on any atom is -0.495 e. The van der Waals surface area contributed by atoms with Crippen LogP contribution >= 0.6 is 23.4 Å². The maximum Gasteiger partial charge on any atom is 0.417 e. The number of alkyl carbamates (subject to hydrolysis) is 1. The van der Waals surface area contributed by atoms with E-state index in [4.69, 9.17) is 35.3 Å². The van der Waals surface area contributed by atoms with Crippen LogP contribution in [-0.2, 0) is 41.1 Å². The molecule has 2 N–H and O–H groups in total. The zero-order valence-electron chi connectivity index (χ0n) is 31.8. The fraction of sp³-hybridized carbons (Fsp3) is 0.487. The molecule has 0 radical (unpaired) electrons. The number of methoxy groups -OCH3 is 2. The number of halogens is 4. The number of alkyl halides is 3. The Morgan fingerprint density at radius 2 is 1.89 bits per heavy atom. The van der Waals surface area contributed by atoms with Gasteiger partial charge in [-0.05, 0) is 57.0 Å². The Labute approximate surface area is 331 Å². The van der Waals surface area contributed by atoms with Gasteiger partial charge in [0, 0.05) is 37.0 Å². The fourth-order valence-corrected chi connectivity index (χ4v) is 8.18. The third-order valence-electron chi connectivity index (χ3n) is 10.3. The number of anilines is 1. The van der Waals surface area contributed by atoms with Crippen LogP contribution in [0.3, 0.4) is 0 Å². The number of nitrogens with one attached hydrogen (secondary N) is 1. The number of allylic oxidation sites excluding steroid dienone is 3. The van der Waals surface area contributed by atoms with Crippen LogP contribution in [0.4, 0.5) is 23.7 Å². The second-order valence-electron chi connectivity index (χ2n) is 14.3. The SMILES string of the molecule is COc1cc2cc(c1Cl)N(C)C(=O)C[C@H](OC(=O)CSc1ccc(C(C)=O)cc1C(F)(F)F)[C@]1(C)O[C@H]1[C@H](C)[C@@H]1C[C@@](O)(NC(=O)O1)[C@H](OC)/C=C/C=C(\C)C2. The van der Waals surface area contributed by atoms with E-state index in [-0.39, 0.29) is 21.9 Å². The molecule has 3 aliphatic rings. The number of fused-ring (bicyclic) bond motifs is 5. The van der Waals surface area contributed by atoms with Gasteiger partial charge in [0.15, 0.2) is 11.5 Å². The molecule has 7 atom stereocenters. The first-order chi connectivity index (χ1) is 26.2. The van der Waals surface area contributed by atoms with E-state index in [0.717, 1.165) is 30.2 Å². The number of ether oxygens (including phenoxy) is 5. The van der Waals surface area contributed by atoms with E-state index in [9.17, 15) is 37.5 Å². The number of epoxide rings is 1. The molecule has 12 nitrogen and oxygen atoms in total. The summed E-state index contributed by atoms with van der Waals surface area (Å²) < 4.78 is 70.6. The highest BCUT2D eigenvalue weighted by molar-refractivity contribution is 8.00. The minimum absolute atomic E-state index is 0.127. The van der Waals surface area contributed by atoms with Crippen molar-refractivity contribution in [2.45, 2.75) is 93.8 Å². The number of hydrogen-bond acceptors (Lipinski definition) is 11. The number of nitrogens with zero attached hydrogens (tertiary/aromatic N) is 1. The number of rotatable bonds is 7. The van der Waals surface area contributed by atoms with Gasteiger partial charge in [0.25, 0.3) is 0 Å². The minimum atomic E-state index is -4.81. The molecule has 2 amide bonds. The fourth-order valence-electron chi connectivity index (χ4n) is 7.03. The predicted molar refractivity (Wildman–Crippen MR) is 201 cm³/mol. The number of carbonyl (C=O) groups excluding carboxylic acids is 4. The van der Waals surface area contributed by atoms with E-state index in [1.807, 2.05) is 13.0 Å². The molecule has 304 valence electrons. The summed E-state index contributed by atoms with van der Waals surface area (Å²) in [4.78, 5) is 53.2. The normalized spacial score (nSPS) is 29.9. The van der Waals surface area contributed by atoms with Gasteiger partial charge < -0.3 is 33.7 Å². The largest absolute Gasteiger partial charge is 0.495 e. The molecule has 5 rings (SSSR count). The second-order valence-corrected chi connectivity index (χ2v) is 15.7. The summed E-state index contributed by atoms with van der Waals surface area (Å²) >= 11 is 7.28. The second kappa shape index (κ2) is 16.8. The topological polar surface area (TPSA) is 153 Å². The number of hydrogen-bond donors (Lipinski definition) is 2. The maximum absolute atomic E-state index is 14.1. The highest BCUT2D eigenvalue weighted by atomic mass is 35.5. The lowest BCUT2D eigenvalue weighted by Crippen LogP contribution is -2.63. The zero-order valence-corrected chi connectivity index (χ0v) is 33.4. The van der Waals surface area contributed by atoms with Crippen molar-refractivity contribution >= 4 is 52.8 Å². The number of aliphatic hydroxyl groups is 1.